The molecular formula is C15H25NO2. The quantitative estimate of drug-likeness (QED) is 0.732. The van der Waals surface area contributed by atoms with Gasteiger partial charge in [0.05, 0.1) is 12.2 Å². The van der Waals surface area contributed by atoms with Crippen LogP contribution in [0, 0.1) is 13.8 Å². The first kappa shape index (κ1) is 15.0. The number of hydrogen-bond acceptors (Lipinski definition) is 3. The Hall–Kier alpha value is -1.06. The van der Waals surface area contributed by atoms with E-state index in [1.165, 1.54) is 11.1 Å². The Labute approximate surface area is 110 Å². The molecule has 18 heavy (non-hydrogen) atoms. The third-order valence-corrected chi connectivity index (χ3v) is 3.01. The van der Waals surface area contributed by atoms with Gasteiger partial charge in [0.1, 0.15) is 5.75 Å². The van der Waals surface area contributed by atoms with Crippen molar-refractivity contribution in [3.8, 4) is 5.75 Å². The highest BCUT2D eigenvalue weighted by molar-refractivity contribution is 5.32. The lowest BCUT2D eigenvalue weighted by Crippen LogP contribution is -2.33. The van der Waals surface area contributed by atoms with E-state index in [2.05, 4.69) is 19.9 Å². The van der Waals surface area contributed by atoms with Crippen molar-refractivity contribution in [1.82, 2.24) is 0 Å². The van der Waals surface area contributed by atoms with Crippen LogP contribution in [0.5, 0.6) is 5.75 Å². The predicted octanol–water partition coefficient (Wildman–Crippen LogP) is 2.56. The van der Waals surface area contributed by atoms with Gasteiger partial charge < -0.3 is 15.6 Å². The largest absolute Gasteiger partial charge is 0.494 e. The summed E-state index contributed by atoms with van der Waals surface area (Å²) >= 11 is 0. The van der Waals surface area contributed by atoms with E-state index in [0.29, 0.717) is 13.2 Å². The molecule has 0 aliphatic rings. The van der Waals surface area contributed by atoms with Crippen LogP contribution in [0.4, 0.5) is 0 Å². The molecule has 1 aromatic carbocycles. The molecule has 0 amide bonds. The number of ether oxygens (including phenoxy) is 1. The summed E-state index contributed by atoms with van der Waals surface area (Å²) in [5.41, 5.74) is 7.17. The Morgan fingerprint density at radius 1 is 1.17 bits per heavy atom. The molecule has 0 fully saturated rings. The minimum atomic E-state index is -0.736. The normalized spacial score (nSPS) is 14.3. The Balaban J connectivity index is 2.26. The predicted molar refractivity (Wildman–Crippen MR) is 74.9 cm³/mol. The van der Waals surface area contributed by atoms with Gasteiger partial charge in [0.25, 0.3) is 0 Å². The van der Waals surface area contributed by atoms with E-state index < -0.39 is 5.60 Å². The Kier molecular flexibility index (Phi) is 5.63. The van der Waals surface area contributed by atoms with E-state index in [0.717, 1.165) is 25.0 Å². The second-order valence-electron chi connectivity index (χ2n) is 5.33. The molecule has 102 valence electrons. The van der Waals surface area contributed by atoms with Gasteiger partial charge >= 0.3 is 0 Å². The number of benzene rings is 1. The first-order chi connectivity index (χ1) is 8.43. The Morgan fingerprint density at radius 2 is 1.78 bits per heavy atom. The fourth-order valence-electron chi connectivity index (χ4n) is 1.92. The van der Waals surface area contributed by atoms with Gasteiger partial charge in [-0.25, -0.2) is 0 Å². The molecule has 1 unspecified atom stereocenters. The van der Waals surface area contributed by atoms with Crippen molar-refractivity contribution in [2.75, 3.05) is 13.2 Å². The summed E-state index contributed by atoms with van der Waals surface area (Å²) in [5, 5.41) is 9.75. The van der Waals surface area contributed by atoms with Gasteiger partial charge in [-0.2, -0.15) is 0 Å². The smallest absolute Gasteiger partial charge is 0.119 e. The second-order valence-corrected chi connectivity index (χ2v) is 5.33. The van der Waals surface area contributed by atoms with Gasteiger partial charge in [-0.15, -0.1) is 0 Å². The third-order valence-electron chi connectivity index (χ3n) is 3.01. The zero-order chi connectivity index (χ0) is 13.6. The molecule has 3 N–H and O–H groups in total. The van der Waals surface area contributed by atoms with Crippen molar-refractivity contribution in [2.45, 2.75) is 45.6 Å². The first-order valence-corrected chi connectivity index (χ1v) is 6.56. The van der Waals surface area contributed by atoms with Crippen LogP contribution in [0.1, 0.15) is 37.3 Å². The van der Waals surface area contributed by atoms with Crippen LogP contribution in [0.3, 0.4) is 0 Å². The summed E-state index contributed by atoms with van der Waals surface area (Å²) < 4.78 is 5.70. The van der Waals surface area contributed by atoms with Gasteiger partial charge in [-0.3, -0.25) is 0 Å². The summed E-state index contributed by atoms with van der Waals surface area (Å²) in [4.78, 5) is 0. The summed E-state index contributed by atoms with van der Waals surface area (Å²) in [5.74, 6) is 0.929. The summed E-state index contributed by atoms with van der Waals surface area (Å²) in [6, 6.07) is 6.22. The minimum absolute atomic E-state index is 0.310. The molecule has 0 heterocycles. The van der Waals surface area contributed by atoms with Crippen LogP contribution in [-0.4, -0.2) is 23.9 Å². The molecule has 3 nitrogen and oxygen atoms in total. The maximum absolute atomic E-state index is 9.75. The van der Waals surface area contributed by atoms with Crippen molar-refractivity contribution >= 4 is 0 Å². The molecular weight excluding hydrogens is 226 g/mol. The van der Waals surface area contributed by atoms with Gasteiger partial charge in [-0.05, 0) is 63.3 Å². The highest BCUT2D eigenvalue weighted by Gasteiger charge is 2.16. The van der Waals surface area contributed by atoms with Gasteiger partial charge in [0, 0.05) is 6.54 Å². The molecule has 0 saturated heterocycles. The van der Waals surface area contributed by atoms with E-state index in [1.54, 1.807) is 6.92 Å². The lowest BCUT2D eigenvalue weighted by Gasteiger charge is -2.20. The number of aryl methyl sites for hydroxylation is 2. The number of aliphatic hydroxyl groups is 1. The molecule has 0 aromatic heterocycles. The second kappa shape index (κ2) is 6.76. The van der Waals surface area contributed by atoms with E-state index in [9.17, 15) is 5.11 Å². The fourth-order valence-corrected chi connectivity index (χ4v) is 1.92. The Morgan fingerprint density at radius 3 is 2.33 bits per heavy atom. The molecule has 0 radical (unpaired) electrons. The zero-order valence-corrected chi connectivity index (χ0v) is 11.7. The van der Waals surface area contributed by atoms with Crippen molar-refractivity contribution in [3.63, 3.8) is 0 Å². The number of nitrogens with two attached hydrogens (primary N) is 1. The zero-order valence-electron chi connectivity index (χ0n) is 11.7. The van der Waals surface area contributed by atoms with E-state index in [-0.39, 0.29) is 0 Å². The molecule has 1 rings (SSSR count). The topological polar surface area (TPSA) is 55.5 Å². The summed E-state index contributed by atoms with van der Waals surface area (Å²) in [6.07, 6.45) is 2.58. The van der Waals surface area contributed by atoms with Gasteiger partial charge in [0.2, 0.25) is 0 Å². The molecule has 1 atom stereocenters. The number of rotatable bonds is 7. The monoisotopic (exact) mass is 251 g/mol. The average Bonchev–Trinajstić information content (AvgIpc) is 2.27. The lowest BCUT2D eigenvalue weighted by atomic mass is 10.00. The van der Waals surface area contributed by atoms with Crippen LogP contribution in [-0.2, 0) is 0 Å². The number of unbranched alkanes of at least 4 members (excludes halogenated alkanes) is 1. The van der Waals surface area contributed by atoms with E-state index >= 15 is 0 Å². The van der Waals surface area contributed by atoms with E-state index in [4.69, 9.17) is 10.5 Å². The Bertz CT molecular complexity index is 355. The minimum Gasteiger partial charge on any atom is -0.494 e. The van der Waals surface area contributed by atoms with Gasteiger partial charge in [-0.1, -0.05) is 6.07 Å². The first-order valence-electron chi connectivity index (χ1n) is 6.56. The van der Waals surface area contributed by atoms with Gasteiger partial charge in [0.15, 0.2) is 0 Å². The van der Waals surface area contributed by atoms with Crippen molar-refractivity contribution in [1.29, 1.82) is 0 Å². The molecule has 0 bridgehead atoms. The molecule has 0 aliphatic heterocycles. The van der Waals surface area contributed by atoms with E-state index in [1.807, 2.05) is 12.1 Å². The van der Waals surface area contributed by atoms with Crippen LogP contribution >= 0.6 is 0 Å². The number of hydrogen-bond donors (Lipinski definition) is 2. The van der Waals surface area contributed by atoms with Crippen LogP contribution < -0.4 is 10.5 Å². The van der Waals surface area contributed by atoms with Crippen LogP contribution in [0.2, 0.25) is 0 Å². The van der Waals surface area contributed by atoms with Crippen molar-refractivity contribution in [2.24, 2.45) is 5.73 Å². The highest BCUT2D eigenvalue weighted by Crippen LogP contribution is 2.17. The van der Waals surface area contributed by atoms with Crippen LogP contribution in [0.15, 0.2) is 18.2 Å². The molecule has 0 saturated carbocycles. The summed E-state index contributed by atoms with van der Waals surface area (Å²) in [7, 11) is 0. The molecule has 0 aliphatic carbocycles. The standard InChI is InChI=1S/C15H25NO2/c1-12-8-13(2)10-14(9-12)18-7-5-4-6-15(3,17)11-16/h8-10,17H,4-7,11,16H2,1-3H3. The average molecular weight is 251 g/mol. The third kappa shape index (κ3) is 5.52. The van der Waals surface area contributed by atoms with Crippen molar-refractivity contribution < 1.29 is 9.84 Å². The van der Waals surface area contributed by atoms with Crippen molar-refractivity contribution in [3.05, 3.63) is 29.3 Å². The highest BCUT2D eigenvalue weighted by atomic mass is 16.5. The van der Waals surface area contributed by atoms with Crippen LogP contribution in [0.25, 0.3) is 0 Å². The maximum atomic E-state index is 9.75. The molecule has 1 aromatic rings. The molecule has 3 heteroatoms. The fraction of sp³-hybridized carbons (Fsp3) is 0.600. The lowest BCUT2D eigenvalue weighted by molar-refractivity contribution is 0.0562. The molecule has 0 spiro atoms. The summed E-state index contributed by atoms with van der Waals surface area (Å²) in [6.45, 7) is 6.91. The maximum Gasteiger partial charge on any atom is 0.119 e. The SMILES string of the molecule is Cc1cc(C)cc(OCCCCC(C)(O)CN)c1.